The van der Waals surface area contributed by atoms with Gasteiger partial charge in [-0.25, -0.2) is 8.42 Å². The van der Waals surface area contributed by atoms with E-state index in [9.17, 15) is 18.5 Å². The molecule has 0 aliphatic rings. The molecule has 84 valence electrons. The number of hydrogen-bond acceptors (Lipinski definition) is 5. The van der Waals surface area contributed by atoms with E-state index in [1.54, 1.807) is 0 Å². The van der Waals surface area contributed by atoms with Crippen LogP contribution < -0.4 is 0 Å². The Morgan fingerprint density at radius 3 is 2.38 bits per heavy atom. The van der Waals surface area contributed by atoms with E-state index in [0.29, 0.717) is 6.07 Å². The lowest BCUT2D eigenvalue weighted by molar-refractivity contribution is -0.384. The molecule has 0 saturated carbocycles. The minimum atomic E-state index is -4.23. The first-order valence-corrected chi connectivity index (χ1v) is 6.29. The molecule has 0 atom stereocenters. The Balaban J connectivity index is 3.68. The number of halogens is 2. The van der Waals surface area contributed by atoms with Crippen LogP contribution in [0.3, 0.4) is 0 Å². The molecule has 0 N–H and O–H groups in total. The van der Waals surface area contributed by atoms with E-state index in [1.165, 1.54) is 6.07 Å². The number of nitrogens with zero attached hydrogens (tertiary/aromatic N) is 2. The van der Waals surface area contributed by atoms with Gasteiger partial charge in [-0.15, -0.1) is 0 Å². The van der Waals surface area contributed by atoms with Crippen LogP contribution in [0.15, 0.2) is 17.0 Å². The lowest BCUT2D eigenvalue weighted by atomic mass is 10.2. The van der Waals surface area contributed by atoms with Crippen molar-refractivity contribution < 1.29 is 13.3 Å². The van der Waals surface area contributed by atoms with Gasteiger partial charge in [-0.3, -0.25) is 10.1 Å². The highest BCUT2D eigenvalue weighted by Gasteiger charge is 2.23. The molecule has 0 saturated heterocycles. The van der Waals surface area contributed by atoms with Crippen LogP contribution in [-0.2, 0) is 9.05 Å². The average molecular weight is 281 g/mol. The lowest BCUT2D eigenvalue weighted by Gasteiger charge is -2.01. The smallest absolute Gasteiger partial charge is 0.258 e. The zero-order valence-electron chi connectivity index (χ0n) is 7.35. The molecule has 0 fully saturated rings. The Labute approximate surface area is 99.6 Å². The molecule has 0 amide bonds. The Hall–Kier alpha value is -1.36. The third-order valence-corrected chi connectivity index (χ3v) is 3.29. The van der Waals surface area contributed by atoms with Gasteiger partial charge < -0.3 is 0 Å². The van der Waals surface area contributed by atoms with E-state index in [2.05, 4.69) is 0 Å². The molecule has 0 bridgehead atoms. The van der Waals surface area contributed by atoms with Crippen molar-refractivity contribution in [3.05, 3.63) is 32.8 Å². The highest BCUT2D eigenvalue weighted by molar-refractivity contribution is 8.13. The summed E-state index contributed by atoms with van der Waals surface area (Å²) in [4.78, 5) is 9.00. The fraction of sp³-hybridized carbons (Fsp3) is 0. The summed E-state index contributed by atoms with van der Waals surface area (Å²) in [6, 6.07) is 3.08. The standard InChI is InChI=1S/C7H2Cl2N2O4S/c8-5-1-4(3-10)7(16(9,14)15)2-6(5)11(12)13/h1-2H. The van der Waals surface area contributed by atoms with E-state index < -0.39 is 24.6 Å². The Bertz CT molecular complexity index is 606. The second-order valence-corrected chi connectivity index (χ2v) is 5.55. The predicted octanol–water partition coefficient (Wildman–Crippen LogP) is 2.05. The predicted molar refractivity (Wildman–Crippen MR) is 55.9 cm³/mol. The van der Waals surface area contributed by atoms with Gasteiger partial charge in [0.1, 0.15) is 16.0 Å². The molecule has 0 aliphatic carbocycles. The first-order chi connectivity index (χ1) is 7.27. The number of nitro groups is 1. The zero-order chi connectivity index (χ0) is 12.5. The largest absolute Gasteiger partial charge is 0.289 e. The maximum absolute atomic E-state index is 11.0. The third-order valence-electron chi connectivity index (χ3n) is 1.63. The third kappa shape index (κ3) is 2.41. The topological polar surface area (TPSA) is 101 Å². The van der Waals surface area contributed by atoms with Gasteiger partial charge in [0.15, 0.2) is 0 Å². The molecule has 0 radical (unpaired) electrons. The van der Waals surface area contributed by atoms with Crippen LogP contribution in [0.5, 0.6) is 0 Å². The van der Waals surface area contributed by atoms with Crippen LogP contribution in [0.1, 0.15) is 5.56 Å². The van der Waals surface area contributed by atoms with E-state index in [1.807, 2.05) is 0 Å². The second-order valence-electron chi connectivity index (χ2n) is 2.61. The van der Waals surface area contributed by atoms with E-state index in [4.69, 9.17) is 27.5 Å². The van der Waals surface area contributed by atoms with Gasteiger partial charge in [0.05, 0.1) is 10.5 Å². The fourth-order valence-electron chi connectivity index (χ4n) is 0.972. The van der Waals surface area contributed by atoms with Gasteiger partial charge in [0.2, 0.25) is 0 Å². The molecule has 1 rings (SSSR count). The van der Waals surface area contributed by atoms with Crippen molar-refractivity contribution in [2.75, 3.05) is 0 Å². The molecule has 0 aliphatic heterocycles. The van der Waals surface area contributed by atoms with Crippen molar-refractivity contribution in [2.45, 2.75) is 4.90 Å². The summed E-state index contributed by atoms with van der Waals surface area (Å²) in [6.45, 7) is 0. The number of rotatable bonds is 2. The molecule has 1 aromatic rings. The molecule has 0 aromatic heterocycles. The SMILES string of the molecule is N#Cc1cc(Cl)c([N+](=O)[O-])cc1S(=O)(=O)Cl. The molecule has 0 unspecified atom stereocenters. The van der Waals surface area contributed by atoms with Crippen molar-refractivity contribution in [2.24, 2.45) is 0 Å². The van der Waals surface area contributed by atoms with Gasteiger partial charge in [0.25, 0.3) is 14.7 Å². The number of nitriles is 1. The average Bonchev–Trinajstić information content (AvgIpc) is 2.14. The normalized spacial score (nSPS) is 10.8. The maximum atomic E-state index is 11.0. The number of benzene rings is 1. The zero-order valence-corrected chi connectivity index (χ0v) is 9.67. The molecule has 1 aromatic carbocycles. The molecule has 16 heavy (non-hydrogen) atoms. The number of hydrogen-bond donors (Lipinski definition) is 0. The van der Waals surface area contributed by atoms with E-state index >= 15 is 0 Å². The maximum Gasteiger partial charge on any atom is 0.289 e. The van der Waals surface area contributed by atoms with Crippen LogP contribution in [-0.4, -0.2) is 13.3 Å². The summed E-state index contributed by atoms with van der Waals surface area (Å²) in [5, 5.41) is 18.8. The van der Waals surface area contributed by atoms with Gasteiger partial charge in [-0.05, 0) is 6.07 Å². The van der Waals surface area contributed by atoms with Gasteiger partial charge in [-0.1, -0.05) is 11.6 Å². The Morgan fingerprint density at radius 1 is 1.44 bits per heavy atom. The Kier molecular flexibility index (Phi) is 3.38. The van der Waals surface area contributed by atoms with E-state index in [-0.39, 0.29) is 10.6 Å². The van der Waals surface area contributed by atoms with E-state index in [0.717, 1.165) is 6.07 Å². The van der Waals surface area contributed by atoms with Crippen molar-refractivity contribution in [1.82, 2.24) is 0 Å². The monoisotopic (exact) mass is 280 g/mol. The summed E-state index contributed by atoms with van der Waals surface area (Å²) >= 11 is 5.49. The highest BCUT2D eigenvalue weighted by atomic mass is 35.7. The molecule has 0 spiro atoms. The van der Waals surface area contributed by atoms with Crippen LogP contribution in [0.2, 0.25) is 5.02 Å². The highest BCUT2D eigenvalue weighted by Crippen LogP contribution is 2.31. The fourth-order valence-corrected chi connectivity index (χ4v) is 2.21. The van der Waals surface area contributed by atoms with Crippen molar-refractivity contribution >= 4 is 37.0 Å². The first kappa shape index (κ1) is 12.7. The second kappa shape index (κ2) is 4.25. The van der Waals surface area contributed by atoms with Crippen LogP contribution in [0, 0.1) is 21.4 Å². The van der Waals surface area contributed by atoms with Crippen LogP contribution in [0.25, 0.3) is 0 Å². The first-order valence-electron chi connectivity index (χ1n) is 3.60. The summed E-state index contributed by atoms with van der Waals surface area (Å²) < 4.78 is 22.1. The number of nitro benzene ring substituents is 1. The molecular weight excluding hydrogens is 279 g/mol. The summed E-state index contributed by atoms with van der Waals surface area (Å²) in [5.74, 6) is 0. The molecule has 9 heteroatoms. The molecule has 0 heterocycles. The van der Waals surface area contributed by atoms with Gasteiger partial charge in [-0.2, -0.15) is 5.26 Å². The van der Waals surface area contributed by atoms with Gasteiger partial charge >= 0.3 is 0 Å². The Morgan fingerprint density at radius 2 is 2.00 bits per heavy atom. The lowest BCUT2D eigenvalue weighted by Crippen LogP contribution is -1.98. The molecule has 6 nitrogen and oxygen atoms in total. The van der Waals surface area contributed by atoms with Crippen LogP contribution >= 0.6 is 22.3 Å². The summed E-state index contributed by atoms with van der Waals surface area (Å²) in [6.07, 6.45) is 0. The minimum Gasteiger partial charge on any atom is -0.258 e. The van der Waals surface area contributed by atoms with Crippen LogP contribution in [0.4, 0.5) is 5.69 Å². The van der Waals surface area contributed by atoms with Crippen molar-refractivity contribution in [3.8, 4) is 6.07 Å². The van der Waals surface area contributed by atoms with Crippen molar-refractivity contribution in [1.29, 1.82) is 5.26 Å². The van der Waals surface area contributed by atoms with Crippen molar-refractivity contribution in [3.63, 3.8) is 0 Å². The van der Waals surface area contributed by atoms with Gasteiger partial charge in [0, 0.05) is 16.7 Å². The summed E-state index contributed by atoms with van der Waals surface area (Å²) in [7, 11) is 0.795. The quantitative estimate of drug-likeness (QED) is 0.469. The minimum absolute atomic E-state index is 0.328. The molecular formula is C7H2Cl2N2O4S. The summed E-state index contributed by atoms with van der Waals surface area (Å²) in [5.41, 5.74) is -0.967.